The van der Waals surface area contributed by atoms with E-state index in [4.69, 9.17) is 5.73 Å². The van der Waals surface area contributed by atoms with Crippen molar-refractivity contribution >= 4 is 21.7 Å². The van der Waals surface area contributed by atoms with Gasteiger partial charge in [-0.1, -0.05) is 13.3 Å². The number of hydrogen-bond acceptors (Lipinski definition) is 3. The van der Waals surface area contributed by atoms with Crippen LogP contribution in [0.3, 0.4) is 0 Å². The number of aromatic nitrogens is 2. The molecule has 1 saturated carbocycles. The van der Waals surface area contributed by atoms with E-state index in [2.05, 4.69) is 21.0 Å². The van der Waals surface area contributed by atoms with Gasteiger partial charge in [-0.25, -0.2) is 0 Å². The lowest BCUT2D eigenvalue weighted by molar-refractivity contribution is 0.0791. The van der Waals surface area contributed by atoms with Crippen LogP contribution in [0.5, 0.6) is 0 Å². The van der Waals surface area contributed by atoms with E-state index in [-0.39, 0.29) is 11.8 Å². The van der Waals surface area contributed by atoms with Crippen molar-refractivity contribution in [2.75, 3.05) is 0 Å². The fourth-order valence-corrected chi connectivity index (χ4v) is 2.94. The highest BCUT2D eigenvalue weighted by molar-refractivity contribution is 9.10. The highest BCUT2D eigenvalue weighted by atomic mass is 79.9. The van der Waals surface area contributed by atoms with Gasteiger partial charge in [0.05, 0.1) is 10.7 Å². The van der Waals surface area contributed by atoms with E-state index >= 15 is 0 Å². The third kappa shape index (κ3) is 1.62. The highest BCUT2D eigenvalue weighted by Gasteiger charge is 2.44. The number of hydrogen-bond donors (Lipinski definition) is 1. The standard InChI is InChI=1S/C11H16BrN3O/c1-11(5-3-4-8(11)13)10(16)9-7(12)6-14-15(9)2/h6,8H,3-5,13H2,1-2H3. The van der Waals surface area contributed by atoms with Crippen LogP contribution in [0.2, 0.25) is 0 Å². The molecule has 5 heteroatoms. The molecular weight excluding hydrogens is 270 g/mol. The highest BCUT2D eigenvalue weighted by Crippen LogP contribution is 2.40. The fourth-order valence-electron chi connectivity index (χ4n) is 2.41. The van der Waals surface area contributed by atoms with E-state index in [1.807, 2.05) is 6.92 Å². The molecule has 1 aliphatic rings. The van der Waals surface area contributed by atoms with Crippen molar-refractivity contribution in [1.82, 2.24) is 9.78 Å². The van der Waals surface area contributed by atoms with E-state index < -0.39 is 5.41 Å². The number of aryl methyl sites for hydroxylation is 1. The Labute approximate surface area is 103 Å². The van der Waals surface area contributed by atoms with E-state index in [0.29, 0.717) is 5.69 Å². The molecule has 1 heterocycles. The number of carbonyl (C=O) groups is 1. The second kappa shape index (κ2) is 3.96. The molecule has 1 fully saturated rings. The second-order valence-electron chi connectivity index (χ2n) is 4.71. The Bertz CT molecular complexity index is 409. The number of rotatable bonds is 2. The summed E-state index contributed by atoms with van der Waals surface area (Å²) in [6.07, 6.45) is 4.47. The molecule has 0 radical (unpaired) electrons. The van der Waals surface area contributed by atoms with Crippen molar-refractivity contribution in [3.8, 4) is 0 Å². The Balaban J connectivity index is 2.39. The molecule has 16 heavy (non-hydrogen) atoms. The third-order valence-corrected chi connectivity index (χ3v) is 4.24. The first-order chi connectivity index (χ1) is 7.47. The molecule has 2 N–H and O–H groups in total. The summed E-state index contributed by atoms with van der Waals surface area (Å²) >= 11 is 3.36. The van der Waals surface area contributed by atoms with Gasteiger partial charge in [0.15, 0.2) is 5.78 Å². The van der Waals surface area contributed by atoms with Crippen molar-refractivity contribution < 1.29 is 4.79 Å². The second-order valence-corrected chi connectivity index (χ2v) is 5.56. The van der Waals surface area contributed by atoms with E-state index in [0.717, 1.165) is 23.7 Å². The lowest BCUT2D eigenvalue weighted by Crippen LogP contribution is -2.41. The molecule has 0 amide bonds. The van der Waals surface area contributed by atoms with Crippen LogP contribution in [-0.4, -0.2) is 21.6 Å². The van der Waals surface area contributed by atoms with Gasteiger partial charge >= 0.3 is 0 Å². The Morgan fingerprint density at radius 2 is 2.44 bits per heavy atom. The molecule has 4 nitrogen and oxygen atoms in total. The summed E-state index contributed by atoms with van der Waals surface area (Å²) in [4.78, 5) is 12.5. The van der Waals surface area contributed by atoms with Crippen molar-refractivity contribution in [3.63, 3.8) is 0 Å². The zero-order valence-electron chi connectivity index (χ0n) is 9.53. The molecule has 0 aliphatic heterocycles. The van der Waals surface area contributed by atoms with Crippen LogP contribution in [0.1, 0.15) is 36.7 Å². The largest absolute Gasteiger partial charge is 0.327 e. The Hall–Kier alpha value is -0.680. The van der Waals surface area contributed by atoms with Gasteiger partial charge in [0.2, 0.25) is 0 Å². The number of halogens is 1. The molecule has 1 aromatic rings. The van der Waals surface area contributed by atoms with Crippen LogP contribution in [0.25, 0.3) is 0 Å². The SMILES string of the molecule is Cn1ncc(Br)c1C(=O)C1(C)CCCC1N. The van der Waals surface area contributed by atoms with Crippen molar-refractivity contribution in [1.29, 1.82) is 0 Å². The number of ketones is 1. The average molecular weight is 286 g/mol. The quantitative estimate of drug-likeness (QED) is 0.844. The van der Waals surface area contributed by atoms with Gasteiger partial charge in [-0.3, -0.25) is 9.48 Å². The molecule has 2 rings (SSSR count). The zero-order valence-corrected chi connectivity index (χ0v) is 11.1. The van der Waals surface area contributed by atoms with Crippen molar-refractivity contribution in [3.05, 3.63) is 16.4 Å². The Kier molecular flexibility index (Phi) is 2.92. The van der Waals surface area contributed by atoms with Crippen LogP contribution < -0.4 is 5.73 Å². The topological polar surface area (TPSA) is 60.9 Å². The van der Waals surface area contributed by atoms with Crippen molar-refractivity contribution in [2.24, 2.45) is 18.2 Å². The van der Waals surface area contributed by atoms with E-state index in [1.54, 1.807) is 17.9 Å². The van der Waals surface area contributed by atoms with Gasteiger partial charge in [0, 0.05) is 18.5 Å². The monoisotopic (exact) mass is 285 g/mol. The van der Waals surface area contributed by atoms with Gasteiger partial charge in [-0.15, -0.1) is 0 Å². The Morgan fingerprint density at radius 1 is 1.75 bits per heavy atom. The van der Waals surface area contributed by atoms with Gasteiger partial charge < -0.3 is 5.73 Å². The molecule has 0 aromatic carbocycles. The third-order valence-electron chi connectivity index (χ3n) is 3.66. The first-order valence-electron chi connectivity index (χ1n) is 5.44. The number of carbonyl (C=O) groups excluding carboxylic acids is 1. The maximum atomic E-state index is 12.5. The Morgan fingerprint density at radius 3 is 2.88 bits per heavy atom. The first kappa shape index (κ1) is 11.8. The predicted octanol–water partition coefficient (Wildman–Crippen LogP) is 1.88. The zero-order chi connectivity index (χ0) is 11.9. The molecule has 0 saturated heterocycles. The number of nitrogens with two attached hydrogens (primary N) is 1. The van der Waals surface area contributed by atoms with Crippen LogP contribution in [0.4, 0.5) is 0 Å². The van der Waals surface area contributed by atoms with Crippen LogP contribution in [0.15, 0.2) is 10.7 Å². The van der Waals surface area contributed by atoms with Gasteiger partial charge in [0.1, 0.15) is 5.69 Å². The lowest BCUT2D eigenvalue weighted by Gasteiger charge is -2.27. The van der Waals surface area contributed by atoms with Crippen LogP contribution in [0, 0.1) is 5.41 Å². The molecule has 0 bridgehead atoms. The fraction of sp³-hybridized carbons (Fsp3) is 0.636. The summed E-state index contributed by atoms with van der Waals surface area (Å²) in [6, 6.07) is -0.0400. The van der Waals surface area contributed by atoms with Gasteiger partial charge in [0.25, 0.3) is 0 Å². The molecule has 88 valence electrons. The minimum atomic E-state index is -0.434. The molecule has 2 atom stereocenters. The maximum absolute atomic E-state index is 12.5. The minimum absolute atomic E-state index is 0.0400. The maximum Gasteiger partial charge on any atom is 0.189 e. The van der Waals surface area contributed by atoms with E-state index in [1.165, 1.54) is 0 Å². The number of nitrogens with zero attached hydrogens (tertiary/aromatic N) is 2. The normalized spacial score (nSPS) is 29.6. The molecular formula is C11H16BrN3O. The number of Topliss-reactive ketones (excluding diaryl/α,β-unsaturated/α-hetero) is 1. The lowest BCUT2D eigenvalue weighted by atomic mass is 9.79. The summed E-state index contributed by atoms with van der Waals surface area (Å²) in [5, 5.41) is 4.07. The smallest absolute Gasteiger partial charge is 0.189 e. The first-order valence-corrected chi connectivity index (χ1v) is 6.24. The summed E-state index contributed by atoms with van der Waals surface area (Å²) in [7, 11) is 1.78. The summed E-state index contributed by atoms with van der Waals surface area (Å²) < 4.78 is 2.36. The van der Waals surface area contributed by atoms with Gasteiger partial charge in [-0.05, 0) is 28.8 Å². The average Bonchev–Trinajstić information content (AvgIpc) is 2.73. The van der Waals surface area contributed by atoms with Crippen LogP contribution >= 0.6 is 15.9 Å². The summed E-state index contributed by atoms with van der Waals surface area (Å²) in [5.41, 5.74) is 6.25. The molecule has 0 spiro atoms. The summed E-state index contributed by atoms with van der Waals surface area (Å²) in [5.74, 6) is 0.101. The van der Waals surface area contributed by atoms with Crippen LogP contribution in [-0.2, 0) is 7.05 Å². The minimum Gasteiger partial charge on any atom is -0.327 e. The van der Waals surface area contributed by atoms with E-state index in [9.17, 15) is 4.79 Å². The van der Waals surface area contributed by atoms with Gasteiger partial charge in [-0.2, -0.15) is 5.10 Å². The summed E-state index contributed by atoms with van der Waals surface area (Å²) in [6.45, 7) is 1.96. The molecule has 2 unspecified atom stereocenters. The van der Waals surface area contributed by atoms with Crippen molar-refractivity contribution in [2.45, 2.75) is 32.2 Å². The predicted molar refractivity (Wildman–Crippen MR) is 65.2 cm³/mol. The molecule has 1 aromatic heterocycles. The molecule has 1 aliphatic carbocycles.